The van der Waals surface area contributed by atoms with Crippen LogP contribution in [-0.4, -0.2) is 162 Å². The Balaban J connectivity index is 0.900. The maximum absolute atomic E-state index is 13.7. The second-order valence-electron chi connectivity index (χ2n) is 14.7. The smallest absolute Gasteiger partial charge is 0.336 e. The molecule has 2 aromatic carbocycles. The van der Waals surface area contributed by atoms with Gasteiger partial charge in [0.05, 0.1) is 134 Å². The summed E-state index contributed by atoms with van der Waals surface area (Å²) in [6.07, 6.45) is 0.756. The van der Waals surface area contributed by atoms with Crippen molar-refractivity contribution >= 4 is 54.6 Å². The molecule has 1 fully saturated rings. The van der Waals surface area contributed by atoms with Crippen molar-refractivity contribution in [2.24, 2.45) is 0 Å². The van der Waals surface area contributed by atoms with Crippen LogP contribution in [0.5, 0.6) is 0 Å². The van der Waals surface area contributed by atoms with Crippen LogP contribution in [0.4, 0.5) is 5.69 Å². The maximum atomic E-state index is 13.7. The number of rotatable bonds is 33. The Morgan fingerprint density at radius 1 is 0.710 bits per heavy atom. The van der Waals surface area contributed by atoms with Crippen LogP contribution in [0, 0.1) is 5.41 Å². The number of nitrogen functional groups attached to an aromatic ring is 1. The number of anilines is 1. The highest BCUT2D eigenvalue weighted by Gasteiger charge is 2.32. The van der Waals surface area contributed by atoms with E-state index in [1.165, 1.54) is 48.5 Å². The summed E-state index contributed by atoms with van der Waals surface area (Å²) in [6, 6.07) is 10.9. The molecule has 0 bridgehead atoms. The van der Waals surface area contributed by atoms with E-state index in [0.29, 0.717) is 84.8 Å². The molecule has 2 heterocycles. The summed E-state index contributed by atoms with van der Waals surface area (Å²) in [4.78, 5) is 39.2. The highest BCUT2D eigenvalue weighted by molar-refractivity contribution is 7.89. The van der Waals surface area contributed by atoms with Crippen LogP contribution < -0.4 is 15.8 Å². The molecule has 1 saturated heterocycles. The third-order valence-electron chi connectivity index (χ3n) is 9.88. The first kappa shape index (κ1) is 54.5. The van der Waals surface area contributed by atoms with Gasteiger partial charge in [0.2, 0.25) is 10.0 Å². The largest absolute Gasteiger partial charge is 0.478 e. The number of carboxylic acid groups (broad SMARTS) is 1. The topological polar surface area (TPSA) is 321 Å². The van der Waals surface area contributed by atoms with Gasteiger partial charge in [0.1, 0.15) is 0 Å². The number of sulfonamides is 1. The van der Waals surface area contributed by atoms with Gasteiger partial charge in [0, 0.05) is 29.5 Å². The second-order valence-corrected chi connectivity index (χ2v) is 17.8. The number of carboxylic acids is 1. The average Bonchev–Trinajstić information content (AvgIpc) is 3.61. The van der Waals surface area contributed by atoms with Crippen molar-refractivity contribution in [3.8, 4) is 22.5 Å². The summed E-state index contributed by atoms with van der Waals surface area (Å²) in [5.74, 6) is -2.66. The van der Waals surface area contributed by atoms with Crippen LogP contribution in [0.2, 0.25) is 0 Å². The molecule has 378 valence electrons. The zero-order valence-electron chi connectivity index (χ0n) is 37.6. The molecule has 3 aliphatic rings. The number of ether oxygens (including phenoxy) is 8. The van der Waals surface area contributed by atoms with Crippen molar-refractivity contribution in [1.82, 2.24) is 9.79 Å². The van der Waals surface area contributed by atoms with Gasteiger partial charge in [-0.3, -0.25) is 14.8 Å². The molecule has 5 rings (SSSR count). The molecular weight excluding hydrogens is 953 g/mol. The van der Waals surface area contributed by atoms with Gasteiger partial charge in [-0.1, -0.05) is 24.8 Å². The Morgan fingerprint density at radius 2 is 1.23 bits per heavy atom. The number of nitrogens with one attached hydrogen (secondary N) is 2. The highest BCUT2D eigenvalue weighted by atomic mass is 32.2. The predicted molar refractivity (Wildman–Crippen MR) is 243 cm³/mol. The standard InChI is InChI=1S/C44H56N4O19S2/c1-30-6-11-37(49)48(30)67-38(50)12-14-58-16-18-60-20-22-62-24-26-64-28-29-65-27-25-63-23-21-61-19-17-59-15-13-47-68(53,54)42-35(45)9-7-33-39(31-4-2-3-5-32(31)44(51)52)34-8-10-36(46)43(69(55,56)57)41(34)66-40(33)42/h2-5,7-10,45,47H,1,6,11-29,46H2,(H,51,52)(H,55,56,57). The van der Waals surface area contributed by atoms with Crippen LogP contribution in [0.1, 0.15) is 29.6 Å². The second kappa shape index (κ2) is 27.1. The van der Waals surface area contributed by atoms with Crippen molar-refractivity contribution in [2.75, 3.05) is 118 Å². The van der Waals surface area contributed by atoms with E-state index in [0.717, 1.165) is 5.06 Å². The number of benzene rings is 3. The summed E-state index contributed by atoms with van der Waals surface area (Å²) in [5.41, 5.74) is 5.42. The van der Waals surface area contributed by atoms with Crippen molar-refractivity contribution in [1.29, 1.82) is 5.41 Å². The first-order valence-corrected chi connectivity index (χ1v) is 24.5. The summed E-state index contributed by atoms with van der Waals surface area (Å²) in [6.45, 7) is 7.93. The molecule has 0 unspecified atom stereocenters. The number of fused-ring (bicyclic) bond motifs is 2. The van der Waals surface area contributed by atoms with Gasteiger partial charge in [-0.2, -0.15) is 8.42 Å². The van der Waals surface area contributed by atoms with E-state index in [4.69, 9.17) is 58.3 Å². The molecule has 25 heteroatoms. The monoisotopic (exact) mass is 1010 g/mol. The summed E-state index contributed by atoms with van der Waals surface area (Å²) < 4.78 is 115. The molecule has 2 aliphatic heterocycles. The van der Waals surface area contributed by atoms with E-state index in [2.05, 4.69) is 11.3 Å². The van der Waals surface area contributed by atoms with Gasteiger partial charge in [-0.05, 0) is 42.3 Å². The van der Waals surface area contributed by atoms with Gasteiger partial charge in [-0.15, -0.1) is 5.06 Å². The van der Waals surface area contributed by atoms with Crippen LogP contribution in [0.15, 0.2) is 75.0 Å². The number of hydroxylamine groups is 2. The van der Waals surface area contributed by atoms with Gasteiger partial charge in [-0.25, -0.2) is 22.7 Å². The number of hydrogen-bond donors (Lipinski definition) is 5. The molecular formula is C44H56N4O19S2. The summed E-state index contributed by atoms with van der Waals surface area (Å²) in [5, 5.41) is 19.0. The molecule has 1 aliphatic carbocycles. The zero-order valence-corrected chi connectivity index (χ0v) is 39.3. The zero-order chi connectivity index (χ0) is 49.8. The minimum atomic E-state index is -5.07. The van der Waals surface area contributed by atoms with Crippen molar-refractivity contribution in [3.63, 3.8) is 0 Å². The minimum absolute atomic E-state index is 0.000226. The number of nitrogens with zero attached hydrogens (tertiary/aromatic N) is 1. The Bertz CT molecular complexity index is 2630. The summed E-state index contributed by atoms with van der Waals surface area (Å²) >= 11 is 0. The van der Waals surface area contributed by atoms with Crippen LogP contribution in [0.3, 0.4) is 0 Å². The quantitative estimate of drug-likeness (QED) is 0.0198. The fraction of sp³-hybridized carbons (Fsp3) is 0.455. The van der Waals surface area contributed by atoms with E-state index in [1.54, 1.807) is 0 Å². The van der Waals surface area contributed by atoms with Gasteiger partial charge in [0.25, 0.3) is 16.0 Å². The first-order valence-electron chi connectivity index (χ1n) is 21.6. The lowest BCUT2D eigenvalue weighted by Crippen LogP contribution is -2.32. The average molecular weight is 1010 g/mol. The Labute approximate surface area is 397 Å². The lowest BCUT2D eigenvalue weighted by molar-refractivity contribution is -0.187. The Hall–Kier alpha value is -5.42. The van der Waals surface area contributed by atoms with E-state index in [9.17, 15) is 40.9 Å². The lowest BCUT2D eigenvalue weighted by atomic mass is 9.90. The third-order valence-corrected chi connectivity index (χ3v) is 12.3. The number of nitrogens with two attached hydrogens (primary N) is 1. The summed E-state index contributed by atoms with van der Waals surface area (Å²) in [7, 11) is -9.64. The van der Waals surface area contributed by atoms with Gasteiger partial charge < -0.3 is 58.0 Å². The number of carbonyl (C=O) groups excluding carboxylic acids is 2. The van der Waals surface area contributed by atoms with Gasteiger partial charge >= 0.3 is 11.9 Å². The van der Waals surface area contributed by atoms with E-state index < -0.39 is 64.3 Å². The number of allylic oxidation sites excluding steroid dienone is 1. The third kappa shape index (κ3) is 16.1. The SMILES string of the molecule is C=C1CCC(=O)N1OC(=O)CCOCCOCCOCCOCCOCCOCCOCCOCCNS(=O)(=O)c1c2oc3c(S(=O)(=O)O)c(N)ccc3c(-c3ccccc3C(=O)O)c-2ccc1=N. The lowest BCUT2D eigenvalue weighted by Gasteiger charge is -2.20. The minimum Gasteiger partial charge on any atom is -0.478 e. The molecule has 0 radical (unpaired) electrons. The predicted octanol–water partition coefficient (Wildman–Crippen LogP) is 2.61. The fourth-order valence-electron chi connectivity index (χ4n) is 6.71. The molecule has 23 nitrogen and oxygen atoms in total. The molecule has 0 spiro atoms. The van der Waals surface area contributed by atoms with Crippen molar-refractivity contribution in [2.45, 2.75) is 29.1 Å². The van der Waals surface area contributed by atoms with Crippen LogP contribution >= 0.6 is 0 Å². The van der Waals surface area contributed by atoms with E-state index in [-0.39, 0.29) is 86.0 Å². The Kier molecular flexibility index (Phi) is 21.4. The van der Waals surface area contributed by atoms with E-state index in [1.807, 2.05) is 0 Å². The van der Waals surface area contributed by atoms with Crippen LogP contribution in [-0.2, 0) is 72.5 Å². The van der Waals surface area contributed by atoms with Crippen molar-refractivity contribution < 1.29 is 88.0 Å². The molecule has 0 aromatic heterocycles. The van der Waals surface area contributed by atoms with E-state index >= 15 is 0 Å². The molecule has 0 saturated carbocycles. The number of amides is 1. The maximum Gasteiger partial charge on any atom is 0.336 e. The number of aromatic carboxylic acids is 1. The van der Waals surface area contributed by atoms with Crippen LogP contribution in [0.25, 0.3) is 33.4 Å². The molecule has 6 N–H and O–H groups in total. The fourth-order valence-corrected chi connectivity index (χ4v) is 8.71. The normalized spacial score (nSPS) is 13.3. The highest BCUT2D eigenvalue weighted by Crippen LogP contribution is 2.45. The number of carbonyl (C=O) groups is 3. The Morgan fingerprint density at radius 3 is 1.74 bits per heavy atom. The molecule has 2 aromatic rings. The molecule has 0 atom stereocenters. The molecule has 69 heavy (non-hydrogen) atoms. The molecule has 1 amide bonds. The van der Waals surface area contributed by atoms with Gasteiger partial charge in [0.15, 0.2) is 21.1 Å². The first-order chi connectivity index (χ1) is 33.1. The van der Waals surface area contributed by atoms with Crippen molar-refractivity contribution in [3.05, 3.63) is 71.7 Å². The number of hydrogen-bond acceptors (Lipinski definition) is 19.